The van der Waals surface area contributed by atoms with Crippen LogP contribution < -0.4 is 0 Å². The number of rotatable bonds is 8. The van der Waals surface area contributed by atoms with Gasteiger partial charge < -0.3 is 4.74 Å². The van der Waals surface area contributed by atoms with Crippen molar-refractivity contribution >= 4 is 12.0 Å². The maximum absolute atomic E-state index is 12.3. The van der Waals surface area contributed by atoms with Gasteiger partial charge in [0.15, 0.2) is 0 Å². The van der Waals surface area contributed by atoms with Crippen LogP contribution >= 0.6 is 0 Å². The van der Waals surface area contributed by atoms with Gasteiger partial charge in [-0.1, -0.05) is 47.6 Å². The summed E-state index contributed by atoms with van der Waals surface area (Å²) in [5.74, 6) is -0.528. The smallest absolute Gasteiger partial charge is 0.417 e. The van der Waals surface area contributed by atoms with Crippen molar-refractivity contribution in [2.45, 2.75) is 32.0 Å². The molecule has 0 fully saturated rings. The molecule has 0 aromatic heterocycles. The minimum absolute atomic E-state index is 0.0287. The predicted octanol–water partition coefficient (Wildman–Crippen LogP) is 3.98. The van der Waals surface area contributed by atoms with Crippen LogP contribution in [0.5, 0.6) is 0 Å². The molecule has 0 heterocycles. The Morgan fingerprint density at radius 1 is 1.38 bits per heavy atom. The molecule has 126 valence electrons. The number of hydrogen-bond acceptors (Lipinski definition) is 4. The highest BCUT2D eigenvalue weighted by Gasteiger charge is 2.31. The predicted molar refractivity (Wildman–Crippen MR) is 90.9 cm³/mol. The first-order valence-electron chi connectivity index (χ1n) is 7.33. The minimum Gasteiger partial charge on any atom is -0.444 e. The second kappa shape index (κ2) is 9.86. The monoisotopic (exact) mass is 328 g/mol. The van der Waals surface area contributed by atoms with E-state index >= 15 is 0 Å². The molecule has 0 N–H and O–H groups in total. The van der Waals surface area contributed by atoms with Crippen LogP contribution in [0.15, 0.2) is 60.8 Å². The molecule has 0 spiro atoms. The zero-order chi connectivity index (χ0) is 17.9. The van der Waals surface area contributed by atoms with Crippen molar-refractivity contribution in [1.29, 1.82) is 0 Å². The van der Waals surface area contributed by atoms with Gasteiger partial charge in [-0.25, -0.2) is 9.69 Å². The molecule has 0 unspecified atom stereocenters. The Hall–Kier alpha value is -3.05. The third-order valence-corrected chi connectivity index (χ3v) is 3.28. The number of nitrogens with zero attached hydrogens (tertiary/aromatic N) is 4. The molecular formula is C17H20N4O3. The molecule has 0 aliphatic rings. The van der Waals surface area contributed by atoms with Crippen LogP contribution in [0.3, 0.4) is 0 Å². The Balaban J connectivity index is 2.94. The lowest BCUT2D eigenvalue weighted by Gasteiger charge is -2.29. The number of amides is 2. The second-order valence-electron chi connectivity index (χ2n) is 4.95. The summed E-state index contributed by atoms with van der Waals surface area (Å²) in [6.45, 7) is 8.48. The van der Waals surface area contributed by atoms with Crippen LogP contribution in [0, 0.1) is 0 Å². The van der Waals surface area contributed by atoms with E-state index in [0.717, 1.165) is 10.5 Å². The van der Waals surface area contributed by atoms with Gasteiger partial charge in [0.25, 0.3) is 0 Å². The third-order valence-electron chi connectivity index (χ3n) is 3.28. The van der Waals surface area contributed by atoms with Gasteiger partial charge in [0.2, 0.25) is 5.91 Å². The molecule has 1 rings (SSSR count). The molecule has 24 heavy (non-hydrogen) atoms. The lowest BCUT2D eigenvalue weighted by atomic mass is 10.0. The first-order chi connectivity index (χ1) is 11.5. The maximum Gasteiger partial charge on any atom is 0.417 e. The van der Waals surface area contributed by atoms with E-state index in [9.17, 15) is 9.59 Å². The van der Waals surface area contributed by atoms with Crippen molar-refractivity contribution < 1.29 is 14.3 Å². The van der Waals surface area contributed by atoms with Gasteiger partial charge in [-0.2, -0.15) is 0 Å². The Bertz CT molecular complexity index is 638. The summed E-state index contributed by atoms with van der Waals surface area (Å²) >= 11 is 0. The van der Waals surface area contributed by atoms with Gasteiger partial charge in [-0.05, 0) is 17.5 Å². The van der Waals surface area contributed by atoms with E-state index in [-0.39, 0.29) is 13.0 Å². The van der Waals surface area contributed by atoms with Crippen molar-refractivity contribution in [2.24, 2.45) is 5.11 Å². The fourth-order valence-corrected chi connectivity index (χ4v) is 2.18. The van der Waals surface area contributed by atoms with Gasteiger partial charge in [-0.15, -0.1) is 13.2 Å². The normalized spacial score (nSPS) is 12.2. The highest BCUT2D eigenvalue weighted by Crippen LogP contribution is 2.16. The Labute approximate surface area is 140 Å². The van der Waals surface area contributed by atoms with E-state index in [4.69, 9.17) is 10.3 Å². The highest BCUT2D eigenvalue weighted by atomic mass is 16.6. The average molecular weight is 328 g/mol. The van der Waals surface area contributed by atoms with Gasteiger partial charge in [0.1, 0.15) is 6.61 Å². The molecule has 2 atom stereocenters. The third kappa shape index (κ3) is 5.30. The van der Waals surface area contributed by atoms with Crippen molar-refractivity contribution in [3.63, 3.8) is 0 Å². The van der Waals surface area contributed by atoms with Crippen LogP contribution in [0.1, 0.15) is 18.9 Å². The Kier molecular flexibility index (Phi) is 7.81. The maximum atomic E-state index is 12.3. The summed E-state index contributed by atoms with van der Waals surface area (Å²) < 4.78 is 5.20. The van der Waals surface area contributed by atoms with E-state index < -0.39 is 24.1 Å². The molecule has 1 aromatic carbocycles. The standard InChI is InChI=1S/C17H20N4O3/c1-4-9-15(19-20-18)16(5-2)21(13(3)22)17(23)24-12-14-10-7-6-8-11-14/h4-8,10-11,15-16H,1-2,9,12H2,3H3/t15-,16-/m0/s1. The molecule has 0 aliphatic heterocycles. The zero-order valence-electron chi connectivity index (χ0n) is 13.5. The molecule has 7 nitrogen and oxygen atoms in total. The van der Waals surface area contributed by atoms with E-state index in [1.165, 1.54) is 13.0 Å². The highest BCUT2D eigenvalue weighted by molar-refractivity contribution is 5.91. The number of carbonyl (C=O) groups is 2. The Morgan fingerprint density at radius 2 is 2.04 bits per heavy atom. The van der Waals surface area contributed by atoms with E-state index in [0.29, 0.717) is 0 Å². The van der Waals surface area contributed by atoms with Crippen LogP contribution in [0.25, 0.3) is 10.4 Å². The van der Waals surface area contributed by atoms with E-state index in [2.05, 4.69) is 23.2 Å². The Morgan fingerprint density at radius 3 is 2.54 bits per heavy atom. The lowest BCUT2D eigenvalue weighted by Crippen LogP contribution is -2.47. The van der Waals surface area contributed by atoms with E-state index in [1.807, 2.05) is 18.2 Å². The van der Waals surface area contributed by atoms with Gasteiger partial charge in [-0.3, -0.25) is 4.79 Å². The van der Waals surface area contributed by atoms with Gasteiger partial charge in [0.05, 0.1) is 12.1 Å². The summed E-state index contributed by atoms with van der Waals surface area (Å²) in [4.78, 5) is 27.9. The summed E-state index contributed by atoms with van der Waals surface area (Å²) in [7, 11) is 0. The average Bonchev–Trinajstić information content (AvgIpc) is 2.58. The second-order valence-corrected chi connectivity index (χ2v) is 4.95. The lowest BCUT2D eigenvalue weighted by molar-refractivity contribution is -0.128. The first kappa shape index (κ1) is 19.0. The van der Waals surface area contributed by atoms with Crippen LogP contribution in [0.2, 0.25) is 0 Å². The number of carbonyl (C=O) groups excluding carboxylic acids is 2. The molecule has 0 saturated carbocycles. The summed E-state index contributed by atoms with van der Waals surface area (Å²) in [6, 6.07) is 7.58. The molecule has 0 saturated heterocycles. The molecule has 0 radical (unpaired) electrons. The largest absolute Gasteiger partial charge is 0.444 e. The number of hydrogen-bond donors (Lipinski definition) is 0. The number of azide groups is 1. The summed E-state index contributed by atoms with van der Waals surface area (Å²) in [5.41, 5.74) is 9.48. The van der Waals surface area contributed by atoms with Crippen molar-refractivity contribution in [1.82, 2.24) is 4.90 Å². The van der Waals surface area contributed by atoms with Gasteiger partial charge in [0, 0.05) is 11.8 Å². The molecular weight excluding hydrogens is 308 g/mol. The molecule has 7 heteroatoms. The molecule has 1 aromatic rings. The van der Waals surface area contributed by atoms with Crippen LogP contribution in [-0.4, -0.2) is 29.0 Å². The van der Waals surface area contributed by atoms with Crippen LogP contribution in [-0.2, 0) is 16.1 Å². The SMILES string of the molecule is C=CC[C@H](N=[N+]=[N-])[C@H](C=C)N(C(C)=O)C(=O)OCc1ccccc1. The fraction of sp³-hybridized carbons (Fsp3) is 0.294. The fourth-order valence-electron chi connectivity index (χ4n) is 2.18. The topological polar surface area (TPSA) is 95.4 Å². The summed E-state index contributed by atoms with van der Waals surface area (Å²) in [6.07, 6.45) is 2.40. The first-order valence-corrected chi connectivity index (χ1v) is 7.33. The number of imide groups is 1. The molecule has 0 bridgehead atoms. The van der Waals surface area contributed by atoms with Crippen molar-refractivity contribution in [3.8, 4) is 0 Å². The quantitative estimate of drug-likeness (QED) is 0.312. The summed E-state index contributed by atoms with van der Waals surface area (Å²) in [5, 5.41) is 3.63. The van der Waals surface area contributed by atoms with Crippen molar-refractivity contribution in [2.75, 3.05) is 0 Å². The van der Waals surface area contributed by atoms with Crippen molar-refractivity contribution in [3.05, 3.63) is 71.6 Å². The number of benzene rings is 1. The molecule has 2 amide bonds. The van der Waals surface area contributed by atoms with Gasteiger partial charge >= 0.3 is 6.09 Å². The molecule has 0 aliphatic carbocycles. The van der Waals surface area contributed by atoms with E-state index in [1.54, 1.807) is 18.2 Å². The minimum atomic E-state index is -0.821. The zero-order valence-corrected chi connectivity index (χ0v) is 13.5. The number of ether oxygens (including phenoxy) is 1. The van der Waals surface area contributed by atoms with Crippen LogP contribution in [0.4, 0.5) is 4.79 Å².